The molecule has 0 fully saturated rings. The molecule has 0 unspecified atom stereocenters. The number of amides is 1. The third-order valence-electron chi connectivity index (χ3n) is 1.88. The summed E-state index contributed by atoms with van der Waals surface area (Å²) >= 11 is 0. The first-order valence-corrected chi connectivity index (χ1v) is 4.57. The van der Waals surface area contributed by atoms with Crippen molar-refractivity contribution in [2.24, 2.45) is 0 Å². The average Bonchev–Trinajstić information content (AvgIpc) is 2.10. The van der Waals surface area contributed by atoms with E-state index in [2.05, 4.69) is 0 Å². The first-order chi connectivity index (χ1) is 5.72. The summed E-state index contributed by atoms with van der Waals surface area (Å²) in [7, 11) is 1.82. The van der Waals surface area contributed by atoms with E-state index in [-0.39, 0.29) is 12.5 Å². The maximum atomic E-state index is 11.1. The molecule has 0 bridgehead atoms. The van der Waals surface area contributed by atoms with Gasteiger partial charge in [-0.2, -0.15) is 0 Å². The molecule has 12 heavy (non-hydrogen) atoms. The summed E-state index contributed by atoms with van der Waals surface area (Å²) in [5.74, 6) is 0.194. The van der Waals surface area contributed by atoms with Crippen LogP contribution in [-0.4, -0.2) is 36.1 Å². The average molecular weight is 173 g/mol. The van der Waals surface area contributed by atoms with Gasteiger partial charge in [0.15, 0.2) is 0 Å². The van der Waals surface area contributed by atoms with Crippen molar-refractivity contribution in [3.8, 4) is 0 Å². The standard InChI is InChI=1S/C9H19NO2/c1-3-9(12)10(2)7-5-4-6-8-11/h11H,3-8H2,1-2H3. The van der Waals surface area contributed by atoms with Gasteiger partial charge in [0.05, 0.1) is 0 Å². The monoisotopic (exact) mass is 173 g/mol. The van der Waals surface area contributed by atoms with Crippen LogP contribution in [0.2, 0.25) is 0 Å². The van der Waals surface area contributed by atoms with Gasteiger partial charge in [-0.3, -0.25) is 4.79 Å². The first kappa shape index (κ1) is 11.4. The molecule has 0 radical (unpaired) electrons. The molecule has 0 aromatic heterocycles. The van der Waals surface area contributed by atoms with E-state index in [1.165, 1.54) is 0 Å². The van der Waals surface area contributed by atoms with Crippen molar-refractivity contribution in [3.05, 3.63) is 0 Å². The SMILES string of the molecule is CCC(=O)N(C)CCCCCO. The molecule has 0 aromatic carbocycles. The molecule has 0 rings (SSSR count). The zero-order chi connectivity index (χ0) is 9.40. The molecule has 0 heterocycles. The Kier molecular flexibility index (Phi) is 6.76. The van der Waals surface area contributed by atoms with Crippen LogP contribution in [0, 0.1) is 0 Å². The summed E-state index contributed by atoms with van der Waals surface area (Å²) in [5, 5.41) is 8.51. The highest BCUT2D eigenvalue weighted by Crippen LogP contribution is 1.98. The zero-order valence-electron chi connectivity index (χ0n) is 8.05. The Morgan fingerprint density at radius 2 is 2.00 bits per heavy atom. The Labute approximate surface area is 74.4 Å². The maximum absolute atomic E-state index is 11.1. The van der Waals surface area contributed by atoms with Gasteiger partial charge in [-0.1, -0.05) is 6.92 Å². The van der Waals surface area contributed by atoms with Gasteiger partial charge < -0.3 is 10.0 Å². The maximum Gasteiger partial charge on any atom is 0.222 e. The number of hydrogen-bond acceptors (Lipinski definition) is 2. The lowest BCUT2D eigenvalue weighted by Gasteiger charge is -2.15. The van der Waals surface area contributed by atoms with Crippen LogP contribution in [0.25, 0.3) is 0 Å². The first-order valence-electron chi connectivity index (χ1n) is 4.57. The molecule has 72 valence electrons. The van der Waals surface area contributed by atoms with Crippen LogP contribution in [0.1, 0.15) is 32.6 Å². The van der Waals surface area contributed by atoms with E-state index in [9.17, 15) is 4.79 Å². The van der Waals surface area contributed by atoms with E-state index in [4.69, 9.17) is 5.11 Å². The van der Waals surface area contributed by atoms with Crippen molar-refractivity contribution in [1.29, 1.82) is 0 Å². The van der Waals surface area contributed by atoms with Gasteiger partial charge in [0.2, 0.25) is 5.91 Å². The fraction of sp³-hybridized carbons (Fsp3) is 0.889. The van der Waals surface area contributed by atoms with Crippen molar-refractivity contribution >= 4 is 5.91 Å². The molecule has 0 aliphatic rings. The molecule has 0 aliphatic heterocycles. The highest BCUT2D eigenvalue weighted by molar-refractivity contribution is 5.75. The third kappa shape index (κ3) is 5.13. The Morgan fingerprint density at radius 3 is 2.50 bits per heavy atom. The number of aliphatic hydroxyl groups excluding tert-OH is 1. The summed E-state index contributed by atoms with van der Waals surface area (Å²) in [5.41, 5.74) is 0. The topological polar surface area (TPSA) is 40.5 Å². The zero-order valence-corrected chi connectivity index (χ0v) is 8.05. The molecule has 1 N–H and O–H groups in total. The number of rotatable bonds is 6. The van der Waals surface area contributed by atoms with Gasteiger partial charge in [0.1, 0.15) is 0 Å². The minimum Gasteiger partial charge on any atom is -0.396 e. The van der Waals surface area contributed by atoms with Gasteiger partial charge >= 0.3 is 0 Å². The lowest BCUT2D eigenvalue weighted by atomic mass is 10.2. The number of hydrogen-bond donors (Lipinski definition) is 1. The Morgan fingerprint density at radius 1 is 1.33 bits per heavy atom. The molecule has 0 atom stereocenters. The number of aliphatic hydroxyl groups is 1. The molecule has 0 aliphatic carbocycles. The minimum absolute atomic E-state index is 0.194. The quantitative estimate of drug-likeness (QED) is 0.609. The second-order valence-corrected chi connectivity index (χ2v) is 2.95. The Bertz CT molecular complexity index is 126. The Hall–Kier alpha value is -0.570. The van der Waals surface area contributed by atoms with Crippen LogP contribution >= 0.6 is 0 Å². The van der Waals surface area contributed by atoms with Crippen molar-refractivity contribution in [2.45, 2.75) is 32.6 Å². The van der Waals surface area contributed by atoms with Crippen LogP contribution in [0.5, 0.6) is 0 Å². The van der Waals surface area contributed by atoms with Crippen LogP contribution in [-0.2, 0) is 4.79 Å². The lowest BCUT2D eigenvalue weighted by molar-refractivity contribution is -0.129. The van der Waals surface area contributed by atoms with Crippen LogP contribution in [0.4, 0.5) is 0 Å². The second kappa shape index (κ2) is 7.10. The van der Waals surface area contributed by atoms with Gasteiger partial charge in [0.25, 0.3) is 0 Å². The van der Waals surface area contributed by atoms with Gasteiger partial charge in [0, 0.05) is 26.6 Å². The summed E-state index contributed by atoms with van der Waals surface area (Å²) in [6.45, 7) is 2.94. The lowest BCUT2D eigenvalue weighted by Crippen LogP contribution is -2.26. The molecule has 3 heteroatoms. The van der Waals surface area contributed by atoms with Crippen LogP contribution < -0.4 is 0 Å². The Balaban J connectivity index is 3.31. The summed E-state index contributed by atoms with van der Waals surface area (Å²) < 4.78 is 0. The number of unbranched alkanes of at least 4 members (excludes halogenated alkanes) is 2. The molecular weight excluding hydrogens is 154 g/mol. The van der Waals surface area contributed by atoms with Crippen molar-refractivity contribution in [2.75, 3.05) is 20.2 Å². The highest BCUT2D eigenvalue weighted by Gasteiger charge is 2.03. The van der Waals surface area contributed by atoms with Gasteiger partial charge in [-0.15, -0.1) is 0 Å². The summed E-state index contributed by atoms with van der Waals surface area (Å²) in [6, 6.07) is 0. The largest absolute Gasteiger partial charge is 0.396 e. The summed E-state index contributed by atoms with van der Waals surface area (Å²) in [6.07, 6.45) is 3.41. The number of carbonyl (C=O) groups is 1. The van der Waals surface area contributed by atoms with Crippen molar-refractivity contribution < 1.29 is 9.90 Å². The molecule has 3 nitrogen and oxygen atoms in total. The molecule has 1 amide bonds. The van der Waals surface area contributed by atoms with Crippen LogP contribution in [0.3, 0.4) is 0 Å². The highest BCUT2D eigenvalue weighted by atomic mass is 16.2. The predicted octanol–water partition coefficient (Wildman–Crippen LogP) is 1.02. The van der Waals surface area contributed by atoms with E-state index in [0.29, 0.717) is 6.42 Å². The van der Waals surface area contributed by atoms with Crippen molar-refractivity contribution in [1.82, 2.24) is 4.90 Å². The number of nitrogens with zero attached hydrogens (tertiary/aromatic N) is 1. The normalized spacial score (nSPS) is 9.92. The van der Waals surface area contributed by atoms with E-state index in [1.807, 2.05) is 14.0 Å². The molecule has 0 saturated heterocycles. The minimum atomic E-state index is 0.194. The van der Waals surface area contributed by atoms with Crippen LogP contribution in [0.15, 0.2) is 0 Å². The van der Waals surface area contributed by atoms with E-state index in [0.717, 1.165) is 25.8 Å². The number of carbonyl (C=O) groups excluding carboxylic acids is 1. The van der Waals surface area contributed by atoms with Crippen molar-refractivity contribution in [3.63, 3.8) is 0 Å². The molecular formula is C9H19NO2. The second-order valence-electron chi connectivity index (χ2n) is 2.95. The molecule has 0 saturated carbocycles. The third-order valence-corrected chi connectivity index (χ3v) is 1.88. The molecule has 0 aromatic rings. The summed E-state index contributed by atoms with van der Waals surface area (Å²) in [4.78, 5) is 12.8. The van der Waals surface area contributed by atoms with E-state index >= 15 is 0 Å². The van der Waals surface area contributed by atoms with E-state index < -0.39 is 0 Å². The predicted molar refractivity (Wildman–Crippen MR) is 48.9 cm³/mol. The fourth-order valence-electron chi connectivity index (χ4n) is 1.03. The fourth-order valence-corrected chi connectivity index (χ4v) is 1.03. The van der Waals surface area contributed by atoms with E-state index in [1.54, 1.807) is 4.90 Å². The van der Waals surface area contributed by atoms with Gasteiger partial charge in [-0.25, -0.2) is 0 Å². The van der Waals surface area contributed by atoms with Gasteiger partial charge in [-0.05, 0) is 19.3 Å². The molecule has 0 spiro atoms. The smallest absolute Gasteiger partial charge is 0.222 e.